The molecule has 0 spiro atoms. The zero-order valence-corrected chi connectivity index (χ0v) is 23.0. The number of hydrogen-bond acceptors (Lipinski definition) is 7. The van der Waals surface area contributed by atoms with Crippen molar-refractivity contribution in [2.75, 3.05) is 53.0 Å². The fraction of sp³-hybridized carbons (Fsp3) is 0.448. The lowest BCUT2D eigenvalue weighted by atomic mass is 10.1. The van der Waals surface area contributed by atoms with Crippen LogP contribution in [0.3, 0.4) is 0 Å². The Balaban J connectivity index is 1.48. The van der Waals surface area contributed by atoms with Crippen LogP contribution in [0.5, 0.6) is 5.75 Å². The molecule has 0 aliphatic carbocycles. The van der Waals surface area contributed by atoms with Gasteiger partial charge in [-0.1, -0.05) is 11.6 Å². The van der Waals surface area contributed by atoms with Gasteiger partial charge in [0.15, 0.2) is 0 Å². The molecular formula is C29H36ClN3O5. The van der Waals surface area contributed by atoms with E-state index in [1.165, 1.54) is 0 Å². The van der Waals surface area contributed by atoms with Crippen molar-refractivity contribution in [3.05, 3.63) is 64.3 Å². The standard InChI is InChI=1S/C29H36ClN3O5/c1-20(19-32-14-12-31(13-15-32)11-4-16-34)38-28(35)18-25-21(2)33(27-10-9-24(37-3)17-26(25)27)29(36)22-5-7-23(30)8-6-22/h5-10,17,20,34H,4,11-16,18-19H2,1-3H3. The molecule has 4 rings (SSSR count). The van der Waals surface area contributed by atoms with E-state index in [4.69, 9.17) is 26.2 Å². The fourth-order valence-electron chi connectivity index (χ4n) is 5.10. The van der Waals surface area contributed by atoms with E-state index in [1.54, 1.807) is 42.0 Å². The molecular weight excluding hydrogens is 506 g/mol. The third kappa shape index (κ3) is 6.56. The van der Waals surface area contributed by atoms with E-state index >= 15 is 0 Å². The van der Waals surface area contributed by atoms with Gasteiger partial charge in [-0.05, 0) is 68.3 Å². The number of carbonyl (C=O) groups is 2. The second-order valence-electron chi connectivity index (χ2n) is 9.79. The minimum Gasteiger partial charge on any atom is -0.497 e. The van der Waals surface area contributed by atoms with Crippen LogP contribution in [-0.4, -0.2) is 90.4 Å². The largest absolute Gasteiger partial charge is 0.497 e. The van der Waals surface area contributed by atoms with Gasteiger partial charge in [-0.2, -0.15) is 0 Å². The molecule has 1 fully saturated rings. The zero-order valence-electron chi connectivity index (χ0n) is 22.3. The van der Waals surface area contributed by atoms with Crippen molar-refractivity contribution in [3.8, 4) is 5.75 Å². The minimum absolute atomic E-state index is 0.0513. The van der Waals surface area contributed by atoms with Crippen molar-refractivity contribution < 1.29 is 24.2 Å². The van der Waals surface area contributed by atoms with Gasteiger partial charge in [0.25, 0.3) is 5.91 Å². The summed E-state index contributed by atoms with van der Waals surface area (Å²) in [4.78, 5) is 31.2. The number of hydrogen-bond donors (Lipinski definition) is 1. The highest BCUT2D eigenvalue weighted by Gasteiger charge is 2.24. The smallest absolute Gasteiger partial charge is 0.310 e. The summed E-state index contributed by atoms with van der Waals surface area (Å²) < 4.78 is 12.9. The van der Waals surface area contributed by atoms with E-state index in [9.17, 15) is 9.59 Å². The highest BCUT2D eigenvalue weighted by atomic mass is 35.5. The molecule has 1 aromatic heterocycles. The van der Waals surface area contributed by atoms with Gasteiger partial charge in [0.2, 0.25) is 0 Å². The van der Waals surface area contributed by atoms with E-state index in [0.717, 1.165) is 50.1 Å². The fourth-order valence-corrected chi connectivity index (χ4v) is 5.22. The van der Waals surface area contributed by atoms with Crippen LogP contribution in [-0.2, 0) is 16.0 Å². The molecule has 1 aliphatic rings. The molecule has 1 aliphatic heterocycles. The normalized spacial score (nSPS) is 15.5. The van der Waals surface area contributed by atoms with Crippen molar-refractivity contribution in [1.82, 2.24) is 14.4 Å². The molecule has 1 atom stereocenters. The summed E-state index contributed by atoms with van der Waals surface area (Å²) in [5.74, 6) is 0.123. The summed E-state index contributed by atoms with van der Waals surface area (Å²) in [5.41, 5.74) is 2.65. The molecule has 38 heavy (non-hydrogen) atoms. The highest BCUT2D eigenvalue weighted by Crippen LogP contribution is 2.31. The van der Waals surface area contributed by atoms with Crippen molar-refractivity contribution in [2.45, 2.75) is 32.8 Å². The number of aromatic nitrogens is 1. The van der Waals surface area contributed by atoms with E-state index in [2.05, 4.69) is 9.80 Å². The van der Waals surface area contributed by atoms with E-state index in [1.807, 2.05) is 26.0 Å². The first-order valence-corrected chi connectivity index (χ1v) is 13.4. The molecule has 0 saturated carbocycles. The topological polar surface area (TPSA) is 84.2 Å². The summed E-state index contributed by atoms with van der Waals surface area (Å²) in [7, 11) is 1.59. The van der Waals surface area contributed by atoms with E-state index < -0.39 is 0 Å². The lowest BCUT2D eigenvalue weighted by Gasteiger charge is -2.35. The van der Waals surface area contributed by atoms with Crippen LogP contribution in [0, 0.1) is 6.92 Å². The maximum atomic E-state index is 13.5. The van der Waals surface area contributed by atoms with Crippen LogP contribution < -0.4 is 4.74 Å². The molecule has 3 aromatic rings. The van der Waals surface area contributed by atoms with Crippen LogP contribution in [0.15, 0.2) is 42.5 Å². The Morgan fingerprint density at radius 2 is 1.74 bits per heavy atom. The number of ether oxygens (including phenoxy) is 2. The summed E-state index contributed by atoms with van der Waals surface area (Å²) in [5, 5.41) is 10.4. The minimum atomic E-state index is -0.331. The highest BCUT2D eigenvalue weighted by molar-refractivity contribution is 6.30. The summed E-state index contributed by atoms with van der Waals surface area (Å²) >= 11 is 6.01. The number of fused-ring (bicyclic) bond motifs is 1. The lowest BCUT2D eigenvalue weighted by molar-refractivity contribution is -0.148. The van der Waals surface area contributed by atoms with Gasteiger partial charge in [0, 0.05) is 67.5 Å². The maximum Gasteiger partial charge on any atom is 0.310 e. The summed E-state index contributed by atoms with van der Waals surface area (Å²) in [6.45, 7) is 9.27. The first-order chi connectivity index (χ1) is 18.3. The van der Waals surface area contributed by atoms with Crippen LogP contribution in [0.2, 0.25) is 5.02 Å². The first kappa shape index (κ1) is 28.1. The summed E-state index contributed by atoms with van der Waals surface area (Å²) in [6, 6.07) is 12.3. The Kier molecular flexibility index (Phi) is 9.44. The summed E-state index contributed by atoms with van der Waals surface area (Å²) in [6.07, 6.45) is 0.585. The average molecular weight is 542 g/mol. The number of carbonyl (C=O) groups excluding carboxylic acids is 2. The van der Waals surface area contributed by atoms with Crippen molar-refractivity contribution in [1.29, 1.82) is 0 Å². The lowest BCUT2D eigenvalue weighted by Crippen LogP contribution is -2.48. The SMILES string of the molecule is COc1ccc2c(c1)c(CC(=O)OC(C)CN1CCN(CCCO)CC1)c(C)n2C(=O)c1ccc(Cl)cc1. The van der Waals surface area contributed by atoms with Crippen LogP contribution >= 0.6 is 11.6 Å². The Hall–Kier alpha value is -2.91. The monoisotopic (exact) mass is 541 g/mol. The molecule has 0 radical (unpaired) electrons. The second kappa shape index (κ2) is 12.8. The van der Waals surface area contributed by atoms with Crippen LogP contribution in [0.25, 0.3) is 10.9 Å². The van der Waals surface area contributed by atoms with Gasteiger partial charge < -0.3 is 19.5 Å². The third-order valence-corrected chi connectivity index (χ3v) is 7.35. The van der Waals surface area contributed by atoms with Crippen LogP contribution in [0.4, 0.5) is 0 Å². The second-order valence-corrected chi connectivity index (χ2v) is 10.2. The van der Waals surface area contributed by atoms with Gasteiger partial charge in [-0.15, -0.1) is 0 Å². The zero-order chi connectivity index (χ0) is 27.2. The Morgan fingerprint density at radius 1 is 1.05 bits per heavy atom. The Bertz CT molecular complexity index is 1270. The Labute approximate surface area is 228 Å². The molecule has 1 N–H and O–H groups in total. The number of rotatable bonds is 10. The predicted molar refractivity (Wildman–Crippen MR) is 148 cm³/mol. The average Bonchev–Trinajstić information content (AvgIpc) is 3.18. The van der Waals surface area contributed by atoms with Gasteiger partial charge >= 0.3 is 5.97 Å². The molecule has 2 heterocycles. The first-order valence-electron chi connectivity index (χ1n) is 13.0. The third-order valence-electron chi connectivity index (χ3n) is 7.10. The van der Waals surface area contributed by atoms with Crippen molar-refractivity contribution >= 4 is 34.4 Å². The molecule has 2 aromatic carbocycles. The quantitative estimate of drug-likeness (QED) is 0.391. The molecule has 9 heteroatoms. The number of nitrogens with zero attached hydrogens (tertiary/aromatic N) is 3. The van der Waals surface area contributed by atoms with E-state index in [-0.39, 0.29) is 31.0 Å². The number of piperazine rings is 1. The molecule has 1 unspecified atom stereocenters. The number of aliphatic hydroxyl groups excluding tert-OH is 1. The van der Waals surface area contributed by atoms with Gasteiger partial charge in [0.1, 0.15) is 11.9 Å². The molecule has 0 bridgehead atoms. The van der Waals surface area contributed by atoms with Crippen molar-refractivity contribution in [2.24, 2.45) is 0 Å². The number of methoxy groups -OCH3 is 1. The molecule has 8 nitrogen and oxygen atoms in total. The number of aliphatic hydroxyl groups is 1. The molecule has 0 amide bonds. The maximum absolute atomic E-state index is 13.5. The van der Waals surface area contributed by atoms with Gasteiger partial charge in [-0.3, -0.25) is 19.1 Å². The van der Waals surface area contributed by atoms with Gasteiger partial charge in [0.05, 0.1) is 19.0 Å². The van der Waals surface area contributed by atoms with Crippen LogP contribution in [0.1, 0.15) is 35.0 Å². The molecule has 204 valence electrons. The Morgan fingerprint density at radius 3 is 2.39 bits per heavy atom. The number of benzene rings is 2. The molecule has 1 saturated heterocycles. The number of halogens is 1. The van der Waals surface area contributed by atoms with E-state index in [0.29, 0.717) is 34.1 Å². The van der Waals surface area contributed by atoms with Gasteiger partial charge in [-0.25, -0.2) is 0 Å². The predicted octanol–water partition coefficient (Wildman–Crippen LogP) is 3.77. The number of esters is 1. The van der Waals surface area contributed by atoms with Crippen molar-refractivity contribution in [3.63, 3.8) is 0 Å².